The number of nitrogens with zero attached hydrogens (tertiary/aromatic N) is 4. The van der Waals surface area contributed by atoms with E-state index in [4.69, 9.17) is 0 Å². The zero-order valence-corrected chi connectivity index (χ0v) is 17.1. The average molecular weight is 431 g/mol. The molecule has 1 saturated heterocycles. The number of pyridine rings is 1. The van der Waals surface area contributed by atoms with Crippen molar-refractivity contribution in [1.82, 2.24) is 14.9 Å². The molecule has 0 saturated carbocycles. The van der Waals surface area contributed by atoms with Crippen LogP contribution in [0.3, 0.4) is 0 Å². The summed E-state index contributed by atoms with van der Waals surface area (Å²) in [6.45, 7) is 3.64. The maximum atomic E-state index is 13.0. The molecular weight excluding hydrogens is 414 g/mol. The normalized spacial score (nSPS) is 15.2. The lowest BCUT2D eigenvalue weighted by molar-refractivity contribution is -0.384. The monoisotopic (exact) mass is 431 g/mol. The van der Waals surface area contributed by atoms with Crippen LogP contribution in [0, 0.1) is 24.0 Å². The Hall–Kier alpha value is -4.60. The molecule has 10 nitrogen and oxygen atoms in total. The first-order chi connectivity index (χ1) is 15.3. The minimum atomic E-state index is -0.846. The topological polar surface area (TPSA) is 127 Å². The van der Waals surface area contributed by atoms with Gasteiger partial charge < -0.3 is 4.57 Å². The second-order valence-electron chi connectivity index (χ2n) is 7.10. The second-order valence-corrected chi connectivity index (χ2v) is 7.10. The van der Waals surface area contributed by atoms with E-state index in [2.05, 4.69) is 10.3 Å². The van der Waals surface area contributed by atoms with Crippen LogP contribution in [0.2, 0.25) is 0 Å². The second kappa shape index (κ2) is 7.91. The van der Waals surface area contributed by atoms with Crippen LogP contribution in [0.4, 0.5) is 16.2 Å². The van der Waals surface area contributed by atoms with Crippen molar-refractivity contribution in [3.05, 3.63) is 87.5 Å². The van der Waals surface area contributed by atoms with Crippen molar-refractivity contribution in [3.8, 4) is 5.69 Å². The first-order valence-corrected chi connectivity index (χ1v) is 9.53. The molecule has 0 radical (unpaired) electrons. The Kier molecular flexibility index (Phi) is 5.11. The van der Waals surface area contributed by atoms with Gasteiger partial charge in [0.2, 0.25) is 0 Å². The van der Waals surface area contributed by atoms with Gasteiger partial charge in [0.05, 0.1) is 16.8 Å². The van der Waals surface area contributed by atoms with Gasteiger partial charge in [-0.15, -0.1) is 0 Å². The molecule has 3 heterocycles. The number of urea groups is 1. The van der Waals surface area contributed by atoms with Crippen molar-refractivity contribution in [3.63, 3.8) is 0 Å². The van der Waals surface area contributed by atoms with Crippen molar-refractivity contribution in [2.75, 3.05) is 4.90 Å². The number of anilines is 1. The Morgan fingerprint density at radius 1 is 1.06 bits per heavy atom. The third-order valence-corrected chi connectivity index (χ3v) is 5.09. The molecule has 4 rings (SSSR count). The number of imide groups is 2. The number of hydrogen-bond donors (Lipinski definition) is 1. The lowest BCUT2D eigenvalue weighted by Gasteiger charge is -2.26. The van der Waals surface area contributed by atoms with Gasteiger partial charge in [-0.2, -0.15) is 0 Å². The van der Waals surface area contributed by atoms with E-state index in [9.17, 15) is 24.5 Å². The van der Waals surface area contributed by atoms with E-state index >= 15 is 0 Å². The molecule has 160 valence electrons. The molecule has 1 fully saturated rings. The summed E-state index contributed by atoms with van der Waals surface area (Å²) in [6.07, 6.45) is 4.29. The molecule has 0 spiro atoms. The first kappa shape index (κ1) is 20.7. The van der Waals surface area contributed by atoms with Gasteiger partial charge in [0.25, 0.3) is 17.5 Å². The Labute approximate surface area is 181 Å². The maximum Gasteiger partial charge on any atom is 0.336 e. The Morgan fingerprint density at radius 3 is 2.41 bits per heavy atom. The van der Waals surface area contributed by atoms with E-state index in [0.29, 0.717) is 16.9 Å². The van der Waals surface area contributed by atoms with Gasteiger partial charge in [-0.3, -0.25) is 30.0 Å². The Morgan fingerprint density at radius 2 is 1.78 bits per heavy atom. The molecule has 0 bridgehead atoms. The van der Waals surface area contributed by atoms with E-state index in [1.165, 1.54) is 30.6 Å². The minimum absolute atomic E-state index is 0.0248. The predicted octanol–water partition coefficient (Wildman–Crippen LogP) is 3.06. The highest BCUT2D eigenvalue weighted by molar-refractivity contribution is 6.39. The van der Waals surface area contributed by atoms with Gasteiger partial charge >= 0.3 is 6.03 Å². The standard InChI is InChI=1S/C22H17N5O5/c1-13-10-15(14(2)25(13)16-5-7-17(8-6-16)27(31)32)11-19-20(28)24-22(30)26(21(19)29)18-4-3-9-23-12-18/h3-12H,1-2H3,(H,24,28,30)/b19-11-. The zero-order valence-electron chi connectivity index (χ0n) is 17.1. The van der Waals surface area contributed by atoms with Crippen LogP contribution in [0.1, 0.15) is 17.0 Å². The SMILES string of the molecule is Cc1cc(/C=C2/C(=O)NC(=O)N(c3cccnc3)C2=O)c(C)n1-c1ccc([N+](=O)[O-])cc1. The summed E-state index contributed by atoms with van der Waals surface area (Å²) in [5.74, 6) is -1.55. The maximum absolute atomic E-state index is 13.0. The highest BCUT2D eigenvalue weighted by Gasteiger charge is 2.37. The van der Waals surface area contributed by atoms with Gasteiger partial charge in [0, 0.05) is 35.4 Å². The van der Waals surface area contributed by atoms with Gasteiger partial charge in [0.1, 0.15) is 5.57 Å². The number of nitro groups is 1. The van der Waals surface area contributed by atoms with Gasteiger partial charge in [-0.25, -0.2) is 9.69 Å². The molecule has 32 heavy (non-hydrogen) atoms. The fourth-order valence-electron chi connectivity index (χ4n) is 3.59. The van der Waals surface area contributed by atoms with E-state index in [-0.39, 0.29) is 16.9 Å². The summed E-state index contributed by atoms with van der Waals surface area (Å²) < 4.78 is 1.85. The zero-order chi connectivity index (χ0) is 23.0. The minimum Gasteiger partial charge on any atom is -0.318 e. The number of barbiturate groups is 1. The lowest BCUT2D eigenvalue weighted by Crippen LogP contribution is -2.54. The molecule has 4 amide bonds. The molecule has 1 aromatic carbocycles. The van der Waals surface area contributed by atoms with E-state index < -0.39 is 22.8 Å². The number of nitrogens with one attached hydrogen (secondary N) is 1. The fourth-order valence-corrected chi connectivity index (χ4v) is 3.59. The van der Waals surface area contributed by atoms with E-state index in [1.54, 1.807) is 37.3 Å². The fraction of sp³-hybridized carbons (Fsp3) is 0.0909. The summed E-state index contributed by atoms with van der Waals surface area (Å²) in [6, 6.07) is 10.1. The molecule has 1 N–H and O–H groups in total. The number of nitro benzene ring substituents is 1. The van der Waals surface area contributed by atoms with Crippen LogP contribution in [-0.4, -0.2) is 32.3 Å². The van der Waals surface area contributed by atoms with Gasteiger partial charge in [-0.05, 0) is 55.8 Å². The van der Waals surface area contributed by atoms with Gasteiger partial charge in [-0.1, -0.05) is 0 Å². The number of carbonyl (C=O) groups is 3. The summed E-state index contributed by atoms with van der Waals surface area (Å²) in [5.41, 5.74) is 2.83. The third kappa shape index (κ3) is 3.54. The van der Waals surface area contributed by atoms with Crippen LogP contribution >= 0.6 is 0 Å². The Bertz CT molecular complexity index is 1290. The highest BCUT2D eigenvalue weighted by Crippen LogP contribution is 2.26. The number of benzene rings is 1. The lowest BCUT2D eigenvalue weighted by atomic mass is 10.1. The van der Waals surface area contributed by atoms with E-state index in [1.807, 2.05) is 11.5 Å². The van der Waals surface area contributed by atoms with Crippen molar-refractivity contribution >= 4 is 35.3 Å². The van der Waals surface area contributed by atoms with Crippen LogP contribution < -0.4 is 10.2 Å². The van der Waals surface area contributed by atoms with Gasteiger partial charge in [0.15, 0.2) is 0 Å². The van der Waals surface area contributed by atoms with Crippen LogP contribution in [0.15, 0.2) is 60.4 Å². The molecule has 0 atom stereocenters. The average Bonchev–Trinajstić information content (AvgIpc) is 3.04. The van der Waals surface area contributed by atoms with Crippen molar-refractivity contribution < 1.29 is 19.3 Å². The largest absolute Gasteiger partial charge is 0.336 e. The molecular formula is C22H17N5O5. The van der Waals surface area contributed by atoms with Crippen molar-refractivity contribution in [2.45, 2.75) is 13.8 Å². The summed E-state index contributed by atoms with van der Waals surface area (Å²) in [5, 5.41) is 13.1. The molecule has 1 aliphatic rings. The quantitative estimate of drug-likeness (QED) is 0.293. The number of amides is 4. The number of aryl methyl sites for hydroxylation is 1. The number of aromatic nitrogens is 2. The summed E-state index contributed by atoms with van der Waals surface area (Å²) >= 11 is 0. The third-order valence-electron chi connectivity index (χ3n) is 5.09. The van der Waals surface area contributed by atoms with Crippen molar-refractivity contribution in [2.24, 2.45) is 0 Å². The van der Waals surface area contributed by atoms with Crippen LogP contribution in [-0.2, 0) is 9.59 Å². The smallest absolute Gasteiger partial charge is 0.318 e. The first-order valence-electron chi connectivity index (χ1n) is 9.53. The highest BCUT2D eigenvalue weighted by atomic mass is 16.6. The molecule has 10 heteroatoms. The number of rotatable bonds is 4. The van der Waals surface area contributed by atoms with E-state index in [0.717, 1.165) is 10.6 Å². The molecule has 1 aliphatic heterocycles. The number of hydrogen-bond acceptors (Lipinski definition) is 6. The van der Waals surface area contributed by atoms with Crippen molar-refractivity contribution in [1.29, 1.82) is 0 Å². The molecule has 2 aromatic heterocycles. The molecule has 3 aromatic rings. The number of carbonyl (C=O) groups excluding carboxylic acids is 3. The van der Waals surface area contributed by atoms with Crippen LogP contribution in [0.5, 0.6) is 0 Å². The summed E-state index contributed by atoms with van der Waals surface area (Å²) in [4.78, 5) is 52.9. The summed E-state index contributed by atoms with van der Waals surface area (Å²) in [7, 11) is 0. The molecule has 0 unspecified atom stereocenters. The predicted molar refractivity (Wildman–Crippen MR) is 115 cm³/mol. The van der Waals surface area contributed by atoms with Crippen LogP contribution in [0.25, 0.3) is 11.8 Å². The Balaban J connectivity index is 1.74. The number of non-ortho nitro benzene ring substituents is 1. The molecule has 0 aliphatic carbocycles.